The van der Waals surface area contributed by atoms with E-state index in [0.717, 1.165) is 5.52 Å². The maximum Gasteiger partial charge on any atom is 0.261 e. The van der Waals surface area contributed by atoms with Crippen molar-refractivity contribution >= 4 is 22.6 Å². The number of nitrogens with zero attached hydrogens (tertiary/aromatic N) is 2. The monoisotopic (exact) mass is 280 g/mol. The van der Waals surface area contributed by atoms with Crippen molar-refractivity contribution in [2.45, 2.75) is 6.92 Å². The largest absolute Gasteiger partial charge is 0.364 e. The molecule has 6 nitrogen and oxygen atoms in total. The molecule has 2 aromatic heterocycles. The van der Waals surface area contributed by atoms with Crippen LogP contribution in [0.2, 0.25) is 0 Å². The Morgan fingerprint density at radius 1 is 1.14 bits per heavy atom. The molecule has 0 aliphatic carbocycles. The van der Waals surface area contributed by atoms with Crippen molar-refractivity contribution in [1.29, 1.82) is 0 Å². The minimum absolute atomic E-state index is 0.0693. The molecular weight excluding hydrogens is 268 g/mol. The summed E-state index contributed by atoms with van der Waals surface area (Å²) in [6.07, 6.45) is 4.60. The maximum absolute atomic E-state index is 12.1. The lowest BCUT2D eigenvalue weighted by Gasteiger charge is -2.06. The molecule has 2 heterocycles. The first-order valence-electron chi connectivity index (χ1n) is 6.35. The highest BCUT2D eigenvalue weighted by Gasteiger charge is 2.11. The fraction of sp³-hybridized carbons (Fsp3) is 0.0667. The second-order valence-corrected chi connectivity index (χ2v) is 4.61. The van der Waals surface area contributed by atoms with Gasteiger partial charge < -0.3 is 10.3 Å². The second kappa shape index (κ2) is 5.16. The summed E-state index contributed by atoms with van der Waals surface area (Å²) >= 11 is 0. The molecule has 0 fully saturated rings. The molecule has 2 N–H and O–H groups in total. The van der Waals surface area contributed by atoms with Gasteiger partial charge in [0.05, 0.1) is 11.0 Å². The number of hydrogen-bond donors (Lipinski definition) is 2. The number of aromatic nitrogens is 3. The number of aromatic amines is 1. The van der Waals surface area contributed by atoms with Gasteiger partial charge in [-0.15, -0.1) is 0 Å². The van der Waals surface area contributed by atoms with E-state index in [1.165, 1.54) is 12.3 Å². The van der Waals surface area contributed by atoms with E-state index in [4.69, 9.17) is 0 Å². The van der Waals surface area contributed by atoms with Crippen LogP contribution in [0.15, 0.2) is 47.7 Å². The number of nitrogens with one attached hydrogen (secondary N) is 2. The van der Waals surface area contributed by atoms with Crippen LogP contribution in [0, 0.1) is 6.92 Å². The lowest BCUT2D eigenvalue weighted by Crippen LogP contribution is -2.21. The second-order valence-electron chi connectivity index (χ2n) is 4.61. The number of aryl methyl sites for hydroxylation is 1. The first-order chi connectivity index (χ1) is 10.1. The standard InChI is InChI=1S/C15H12N4O2/c1-9-6-14(20)11(8-18-9)15(21)19-10-2-3-12-13(7-10)17-5-4-16-12/h2-8H,1H3,(H,18,20)(H,19,21). The van der Waals surface area contributed by atoms with Crippen LogP contribution in [0.3, 0.4) is 0 Å². The molecule has 0 spiro atoms. The number of benzene rings is 1. The van der Waals surface area contributed by atoms with Crippen LogP contribution in [-0.2, 0) is 0 Å². The lowest BCUT2D eigenvalue weighted by atomic mass is 10.2. The maximum atomic E-state index is 12.1. The third-order valence-electron chi connectivity index (χ3n) is 3.03. The Morgan fingerprint density at radius 2 is 1.90 bits per heavy atom. The number of rotatable bonds is 2. The Kier molecular flexibility index (Phi) is 3.19. The molecule has 21 heavy (non-hydrogen) atoms. The van der Waals surface area contributed by atoms with E-state index in [1.807, 2.05) is 0 Å². The van der Waals surface area contributed by atoms with Gasteiger partial charge in [-0.3, -0.25) is 19.6 Å². The number of pyridine rings is 1. The van der Waals surface area contributed by atoms with Crippen LogP contribution in [0.4, 0.5) is 5.69 Å². The fourth-order valence-corrected chi connectivity index (χ4v) is 1.99. The van der Waals surface area contributed by atoms with Gasteiger partial charge in [0.15, 0.2) is 5.43 Å². The number of fused-ring (bicyclic) bond motifs is 1. The SMILES string of the molecule is Cc1cc(=O)c(C(=O)Nc2ccc3nccnc3c2)c[nH]1. The van der Waals surface area contributed by atoms with Gasteiger partial charge in [-0.25, -0.2) is 0 Å². The summed E-state index contributed by atoms with van der Waals surface area (Å²) in [6.45, 7) is 1.76. The average Bonchev–Trinajstić information content (AvgIpc) is 2.47. The minimum Gasteiger partial charge on any atom is -0.364 e. The Labute approximate surface area is 119 Å². The van der Waals surface area contributed by atoms with Crippen LogP contribution >= 0.6 is 0 Å². The van der Waals surface area contributed by atoms with Crippen molar-refractivity contribution in [3.8, 4) is 0 Å². The molecule has 0 bridgehead atoms. The third-order valence-corrected chi connectivity index (χ3v) is 3.03. The van der Waals surface area contributed by atoms with Crippen LogP contribution in [-0.4, -0.2) is 20.9 Å². The van der Waals surface area contributed by atoms with Crippen molar-refractivity contribution < 1.29 is 4.79 Å². The Balaban J connectivity index is 1.90. The summed E-state index contributed by atoms with van der Waals surface area (Å²) in [7, 11) is 0. The molecule has 0 atom stereocenters. The molecule has 0 saturated carbocycles. The number of anilines is 1. The predicted molar refractivity (Wildman–Crippen MR) is 79.3 cm³/mol. The Morgan fingerprint density at radius 3 is 2.67 bits per heavy atom. The zero-order valence-corrected chi connectivity index (χ0v) is 11.3. The smallest absolute Gasteiger partial charge is 0.261 e. The molecule has 0 saturated heterocycles. The highest BCUT2D eigenvalue weighted by atomic mass is 16.2. The van der Waals surface area contributed by atoms with E-state index < -0.39 is 5.91 Å². The highest BCUT2D eigenvalue weighted by Crippen LogP contribution is 2.15. The summed E-state index contributed by atoms with van der Waals surface area (Å²) in [4.78, 5) is 35.1. The molecule has 104 valence electrons. The quantitative estimate of drug-likeness (QED) is 0.750. The molecule has 0 radical (unpaired) electrons. The lowest BCUT2D eigenvalue weighted by molar-refractivity contribution is 0.102. The molecule has 6 heteroatoms. The Bertz CT molecular complexity index is 886. The first-order valence-corrected chi connectivity index (χ1v) is 6.35. The Hall–Kier alpha value is -3.02. The van der Waals surface area contributed by atoms with E-state index >= 15 is 0 Å². The van der Waals surface area contributed by atoms with Gasteiger partial charge in [0.25, 0.3) is 5.91 Å². The summed E-state index contributed by atoms with van der Waals surface area (Å²) in [5.74, 6) is -0.459. The summed E-state index contributed by atoms with van der Waals surface area (Å²) in [6, 6.07) is 6.58. The van der Waals surface area contributed by atoms with Gasteiger partial charge in [0, 0.05) is 36.0 Å². The van der Waals surface area contributed by atoms with E-state index in [1.54, 1.807) is 37.5 Å². The van der Waals surface area contributed by atoms with Crippen molar-refractivity contribution in [1.82, 2.24) is 15.0 Å². The number of hydrogen-bond acceptors (Lipinski definition) is 4. The van der Waals surface area contributed by atoms with Gasteiger partial charge in [-0.05, 0) is 25.1 Å². The molecule has 0 unspecified atom stereocenters. The van der Waals surface area contributed by atoms with Gasteiger partial charge in [-0.2, -0.15) is 0 Å². The predicted octanol–water partition coefficient (Wildman–Crippen LogP) is 1.88. The number of carbonyl (C=O) groups is 1. The zero-order chi connectivity index (χ0) is 14.8. The molecular formula is C15H12N4O2. The number of amides is 1. The van der Waals surface area contributed by atoms with E-state index in [-0.39, 0.29) is 11.0 Å². The topological polar surface area (TPSA) is 87.7 Å². The molecule has 1 aromatic carbocycles. The van der Waals surface area contributed by atoms with Crippen LogP contribution < -0.4 is 10.7 Å². The summed E-state index contributed by atoms with van der Waals surface area (Å²) in [5.41, 5.74) is 2.44. The van der Waals surface area contributed by atoms with E-state index in [0.29, 0.717) is 16.9 Å². The van der Waals surface area contributed by atoms with E-state index in [9.17, 15) is 9.59 Å². The van der Waals surface area contributed by atoms with Gasteiger partial charge in [0.1, 0.15) is 5.56 Å². The normalized spacial score (nSPS) is 10.5. The first kappa shape index (κ1) is 13.0. The van der Waals surface area contributed by atoms with Gasteiger partial charge >= 0.3 is 0 Å². The molecule has 0 aliphatic rings. The third kappa shape index (κ3) is 2.64. The molecule has 1 amide bonds. The minimum atomic E-state index is -0.459. The number of H-pyrrole nitrogens is 1. The van der Waals surface area contributed by atoms with Crippen molar-refractivity contribution in [3.05, 3.63) is 64.3 Å². The molecule has 3 aromatic rings. The van der Waals surface area contributed by atoms with Crippen molar-refractivity contribution in [3.63, 3.8) is 0 Å². The zero-order valence-electron chi connectivity index (χ0n) is 11.3. The van der Waals surface area contributed by atoms with Gasteiger partial charge in [0.2, 0.25) is 0 Å². The van der Waals surface area contributed by atoms with Crippen LogP contribution in [0.1, 0.15) is 16.1 Å². The highest BCUT2D eigenvalue weighted by molar-refractivity contribution is 6.04. The molecule has 0 aliphatic heterocycles. The van der Waals surface area contributed by atoms with Gasteiger partial charge in [-0.1, -0.05) is 0 Å². The average molecular weight is 280 g/mol. The molecule has 3 rings (SSSR count). The number of carbonyl (C=O) groups excluding carboxylic acids is 1. The van der Waals surface area contributed by atoms with Crippen molar-refractivity contribution in [2.24, 2.45) is 0 Å². The summed E-state index contributed by atoms with van der Waals surface area (Å²) in [5, 5.41) is 2.68. The van der Waals surface area contributed by atoms with Crippen LogP contribution in [0.5, 0.6) is 0 Å². The van der Waals surface area contributed by atoms with Crippen LogP contribution in [0.25, 0.3) is 11.0 Å². The van der Waals surface area contributed by atoms with Crippen molar-refractivity contribution in [2.75, 3.05) is 5.32 Å². The summed E-state index contributed by atoms with van der Waals surface area (Å²) < 4.78 is 0. The fourth-order valence-electron chi connectivity index (χ4n) is 1.99. The van der Waals surface area contributed by atoms with E-state index in [2.05, 4.69) is 20.3 Å².